The molecule has 0 radical (unpaired) electrons. The summed E-state index contributed by atoms with van der Waals surface area (Å²) in [7, 11) is 0. The number of Topliss-reactive ketones (excluding diaryl/α,β-unsaturated/α-hetero) is 1. The second kappa shape index (κ2) is 4.05. The molecule has 1 aliphatic carbocycles. The highest BCUT2D eigenvalue weighted by molar-refractivity contribution is 6.09. The number of allylic oxidation sites excluding steroid dienone is 2. The van der Waals surface area contributed by atoms with E-state index < -0.39 is 11.6 Å². The van der Waals surface area contributed by atoms with Crippen molar-refractivity contribution in [2.75, 3.05) is 0 Å². The molecule has 2 aliphatic rings. The fourth-order valence-electron chi connectivity index (χ4n) is 2.67. The Morgan fingerprint density at radius 3 is 2.50 bits per heavy atom. The van der Waals surface area contributed by atoms with Gasteiger partial charge in [0.05, 0.1) is 0 Å². The fraction of sp³-hybridized carbons (Fsp3) is 0.571. The molecule has 18 heavy (non-hydrogen) atoms. The lowest BCUT2D eigenvalue weighted by molar-refractivity contribution is -0.227. The number of ketones is 1. The third kappa shape index (κ3) is 1.72. The fourth-order valence-corrected chi connectivity index (χ4v) is 2.67. The maximum atomic E-state index is 12.0. The first-order valence-corrected chi connectivity index (χ1v) is 6.15. The van der Waals surface area contributed by atoms with Gasteiger partial charge in [-0.3, -0.25) is 4.79 Å². The molecule has 98 valence electrons. The van der Waals surface area contributed by atoms with Crippen LogP contribution in [0.1, 0.15) is 40.5 Å². The monoisotopic (exact) mass is 251 g/mol. The molecule has 2 unspecified atom stereocenters. The first-order valence-electron chi connectivity index (χ1n) is 6.15. The highest BCUT2D eigenvalue weighted by Gasteiger charge is 2.49. The zero-order valence-corrected chi connectivity index (χ0v) is 11.2. The van der Waals surface area contributed by atoms with Crippen molar-refractivity contribution in [1.82, 2.24) is 0 Å². The Morgan fingerprint density at radius 2 is 1.94 bits per heavy atom. The number of rotatable bonds is 1. The molecule has 1 aliphatic heterocycles. The summed E-state index contributed by atoms with van der Waals surface area (Å²) in [6.07, 6.45) is 0.877. The largest absolute Gasteiger partial charge is 0.475 e. The number of fused-ring (bicyclic) bond motifs is 1. The van der Waals surface area contributed by atoms with Gasteiger partial charge in [0.1, 0.15) is 0 Å². The molecule has 2 rings (SSSR count). The van der Waals surface area contributed by atoms with Gasteiger partial charge >= 0.3 is 5.97 Å². The molecule has 4 nitrogen and oxygen atoms in total. The SMILES string of the molecule is CC1=C(C)C2[OH+]C(C)(C(=O)O)CCC2=C(C)C1=O. The third-order valence-corrected chi connectivity index (χ3v) is 4.25. The molecular formula is C14H19O4+. The molecule has 0 bridgehead atoms. The molecule has 4 heteroatoms. The van der Waals surface area contributed by atoms with Crippen molar-refractivity contribution in [3.8, 4) is 0 Å². The van der Waals surface area contributed by atoms with Crippen LogP contribution in [0.2, 0.25) is 0 Å². The zero-order valence-electron chi connectivity index (χ0n) is 11.2. The van der Waals surface area contributed by atoms with Crippen LogP contribution < -0.4 is 0 Å². The number of carbonyl (C=O) groups is 2. The molecular weight excluding hydrogens is 232 g/mol. The maximum absolute atomic E-state index is 12.0. The summed E-state index contributed by atoms with van der Waals surface area (Å²) in [5.41, 5.74) is 2.32. The molecule has 0 spiro atoms. The van der Waals surface area contributed by atoms with Crippen molar-refractivity contribution in [2.24, 2.45) is 0 Å². The van der Waals surface area contributed by atoms with Crippen molar-refractivity contribution in [3.63, 3.8) is 0 Å². The summed E-state index contributed by atoms with van der Waals surface area (Å²) in [6.45, 7) is 7.14. The second-order valence-corrected chi connectivity index (χ2v) is 5.40. The van der Waals surface area contributed by atoms with Gasteiger partial charge in [0.2, 0.25) is 6.10 Å². The third-order valence-electron chi connectivity index (χ3n) is 4.25. The number of aliphatic carboxylic acids is 1. The van der Waals surface area contributed by atoms with Crippen molar-refractivity contribution < 1.29 is 19.4 Å². The number of carboxylic acid groups (broad SMARTS) is 1. The second-order valence-electron chi connectivity index (χ2n) is 5.40. The first-order chi connectivity index (χ1) is 8.28. The van der Waals surface area contributed by atoms with Crippen molar-refractivity contribution in [2.45, 2.75) is 52.2 Å². The molecule has 0 aromatic heterocycles. The van der Waals surface area contributed by atoms with Crippen LogP contribution in [0.5, 0.6) is 0 Å². The lowest BCUT2D eigenvalue weighted by atomic mass is 9.78. The Kier molecular flexibility index (Phi) is 2.93. The topological polar surface area (TPSA) is 67.2 Å². The van der Waals surface area contributed by atoms with E-state index in [1.807, 2.05) is 13.8 Å². The quantitative estimate of drug-likeness (QED) is 0.722. The molecule has 2 atom stereocenters. The van der Waals surface area contributed by atoms with Gasteiger partial charge in [-0.05, 0) is 27.2 Å². The van der Waals surface area contributed by atoms with Gasteiger partial charge in [0, 0.05) is 35.6 Å². The van der Waals surface area contributed by atoms with E-state index in [9.17, 15) is 14.7 Å². The molecule has 0 amide bonds. The molecule has 2 N–H and O–H groups in total. The zero-order chi connectivity index (χ0) is 13.7. The summed E-state index contributed by atoms with van der Waals surface area (Å²) >= 11 is 0. The number of carboxylic acids is 1. The van der Waals surface area contributed by atoms with E-state index in [0.717, 1.165) is 16.7 Å². The molecule has 0 aromatic carbocycles. The van der Waals surface area contributed by atoms with Gasteiger partial charge in [-0.25, -0.2) is 4.79 Å². The van der Waals surface area contributed by atoms with Crippen LogP contribution in [-0.4, -0.2) is 33.3 Å². The first kappa shape index (κ1) is 13.0. The van der Waals surface area contributed by atoms with Crippen molar-refractivity contribution in [3.05, 3.63) is 22.3 Å². The van der Waals surface area contributed by atoms with Crippen molar-refractivity contribution >= 4 is 11.8 Å². The van der Waals surface area contributed by atoms with Gasteiger partial charge in [-0.15, -0.1) is 0 Å². The van der Waals surface area contributed by atoms with E-state index >= 15 is 0 Å². The Hall–Kier alpha value is -1.42. The van der Waals surface area contributed by atoms with Gasteiger partial charge < -0.3 is 9.84 Å². The molecule has 1 saturated heterocycles. The average molecular weight is 251 g/mol. The molecule has 1 fully saturated rings. The van der Waals surface area contributed by atoms with E-state index in [1.165, 1.54) is 0 Å². The summed E-state index contributed by atoms with van der Waals surface area (Å²) in [4.78, 5) is 23.3. The molecule has 0 saturated carbocycles. The smallest absolute Gasteiger partial charge is 0.387 e. The van der Waals surface area contributed by atoms with Crippen LogP contribution in [-0.2, 0) is 9.59 Å². The van der Waals surface area contributed by atoms with Crippen LogP contribution in [0, 0.1) is 0 Å². The number of ether oxygens (including phenoxy) is 1. The predicted octanol–water partition coefficient (Wildman–Crippen LogP) is 1.76. The van der Waals surface area contributed by atoms with Crippen LogP contribution in [0.3, 0.4) is 0 Å². The van der Waals surface area contributed by atoms with Crippen molar-refractivity contribution in [1.29, 1.82) is 0 Å². The highest BCUT2D eigenvalue weighted by atomic mass is 16.5. The predicted molar refractivity (Wildman–Crippen MR) is 67.4 cm³/mol. The van der Waals surface area contributed by atoms with Crippen LogP contribution in [0.4, 0.5) is 0 Å². The minimum Gasteiger partial charge on any atom is -0.475 e. The number of hydrogen-bond donors (Lipinski definition) is 1. The van der Waals surface area contributed by atoms with E-state index in [-0.39, 0.29) is 11.9 Å². The Morgan fingerprint density at radius 1 is 1.33 bits per heavy atom. The summed E-state index contributed by atoms with van der Waals surface area (Å²) in [5.74, 6) is -0.811. The van der Waals surface area contributed by atoms with E-state index in [0.29, 0.717) is 18.4 Å². The van der Waals surface area contributed by atoms with Gasteiger partial charge in [0.15, 0.2) is 5.78 Å². The summed E-state index contributed by atoms with van der Waals surface area (Å²) < 4.78 is 4.48. The normalized spacial score (nSPS) is 32.7. The molecule has 1 heterocycles. The Balaban J connectivity index is 2.44. The Labute approximate surface area is 106 Å². The number of hydrogen-bond acceptors (Lipinski definition) is 2. The maximum Gasteiger partial charge on any atom is 0.387 e. The molecule has 0 aromatic rings. The summed E-state index contributed by atoms with van der Waals surface area (Å²) in [5, 5.41) is 9.27. The van der Waals surface area contributed by atoms with E-state index in [1.54, 1.807) is 13.8 Å². The van der Waals surface area contributed by atoms with E-state index in [4.69, 9.17) is 0 Å². The van der Waals surface area contributed by atoms with Crippen LogP contribution >= 0.6 is 0 Å². The van der Waals surface area contributed by atoms with Crippen LogP contribution in [0.25, 0.3) is 0 Å². The van der Waals surface area contributed by atoms with Gasteiger partial charge in [-0.1, -0.05) is 0 Å². The highest BCUT2D eigenvalue weighted by Crippen LogP contribution is 2.39. The van der Waals surface area contributed by atoms with Crippen LogP contribution in [0.15, 0.2) is 22.3 Å². The Bertz CT molecular complexity index is 498. The summed E-state index contributed by atoms with van der Waals surface area (Å²) in [6, 6.07) is 0. The number of aliphatic hydroxyl groups is 2. The lowest BCUT2D eigenvalue weighted by Gasteiger charge is -2.36. The number of carbonyl (C=O) groups excluding carboxylic acids is 1. The van der Waals surface area contributed by atoms with E-state index in [2.05, 4.69) is 4.74 Å². The minimum absolute atomic E-state index is 0.0767. The lowest BCUT2D eigenvalue weighted by Crippen LogP contribution is -2.50. The van der Waals surface area contributed by atoms with Gasteiger partial charge in [0.25, 0.3) is 5.60 Å². The standard InChI is InChI=1S/C14H18O4/c1-7-8(2)12-10(9(3)11(7)15)5-6-14(4,18-12)13(16)17/h12H,5-6H2,1-4H3,(H,16,17)/p+1. The van der Waals surface area contributed by atoms with Gasteiger partial charge in [-0.2, -0.15) is 0 Å². The average Bonchev–Trinajstić information content (AvgIpc) is 2.33. The minimum atomic E-state index is -1.03.